The summed E-state index contributed by atoms with van der Waals surface area (Å²) in [5, 5.41) is 14.0. The van der Waals surface area contributed by atoms with Gasteiger partial charge in [0.15, 0.2) is 6.54 Å². The van der Waals surface area contributed by atoms with Gasteiger partial charge in [-0.05, 0) is 24.1 Å². The van der Waals surface area contributed by atoms with Crippen LogP contribution >= 0.6 is 0 Å². The fourth-order valence-corrected chi connectivity index (χ4v) is 2.89. The number of carbonyl (C=O) groups is 1. The van der Waals surface area contributed by atoms with Crippen LogP contribution in [0.5, 0.6) is 0 Å². The number of nitrogens with zero attached hydrogens (tertiary/aromatic N) is 1. The van der Waals surface area contributed by atoms with E-state index in [4.69, 9.17) is 5.26 Å². The fraction of sp³-hybridized carbons (Fsp3) is 0.333. The van der Waals surface area contributed by atoms with Crippen molar-refractivity contribution in [2.45, 2.75) is 33.2 Å². The minimum atomic E-state index is -0.0986. The minimum absolute atomic E-state index is 0.0986. The molecule has 25 heavy (non-hydrogen) atoms. The average Bonchev–Trinajstić information content (AvgIpc) is 2.62. The second kappa shape index (κ2) is 9.00. The molecule has 0 unspecified atom stereocenters. The van der Waals surface area contributed by atoms with Gasteiger partial charge in [0.2, 0.25) is 0 Å². The van der Waals surface area contributed by atoms with Crippen molar-refractivity contribution in [2.75, 3.05) is 11.9 Å². The third-order valence-electron chi connectivity index (χ3n) is 4.37. The molecule has 130 valence electrons. The Morgan fingerprint density at radius 1 is 1.16 bits per heavy atom. The molecule has 0 spiro atoms. The van der Waals surface area contributed by atoms with Crippen molar-refractivity contribution in [2.24, 2.45) is 5.92 Å². The molecule has 1 amide bonds. The molecule has 3 N–H and O–H groups in total. The summed E-state index contributed by atoms with van der Waals surface area (Å²) in [5.74, 6) is 0.310. The van der Waals surface area contributed by atoms with Crippen LogP contribution in [-0.2, 0) is 11.2 Å². The molecule has 4 nitrogen and oxygen atoms in total. The van der Waals surface area contributed by atoms with E-state index < -0.39 is 0 Å². The molecule has 0 heterocycles. The number of rotatable bonds is 7. The maximum Gasteiger partial charge on any atom is 0.279 e. The van der Waals surface area contributed by atoms with Crippen molar-refractivity contribution in [1.29, 1.82) is 5.26 Å². The van der Waals surface area contributed by atoms with Crippen LogP contribution in [0.1, 0.15) is 43.5 Å². The summed E-state index contributed by atoms with van der Waals surface area (Å²) in [7, 11) is 0. The van der Waals surface area contributed by atoms with Gasteiger partial charge in [0.05, 0.1) is 11.3 Å². The van der Waals surface area contributed by atoms with E-state index in [1.54, 1.807) is 18.2 Å². The molecule has 0 saturated heterocycles. The normalized spacial score (nSPS) is 11.8. The van der Waals surface area contributed by atoms with Gasteiger partial charge >= 0.3 is 0 Å². The van der Waals surface area contributed by atoms with Crippen LogP contribution in [0.15, 0.2) is 48.5 Å². The van der Waals surface area contributed by atoms with Crippen LogP contribution in [0.4, 0.5) is 5.69 Å². The van der Waals surface area contributed by atoms with Crippen molar-refractivity contribution in [1.82, 2.24) is 0 Å². The Bertz CT molecular complexity index is 744. The SMILES string of the molecule is CCc1ccc([C@@H]([NH2+]CC(=O)Nc2ccccc2C#N)C(C)C)cc1. The largest absolute Gasteiger partial charge is 0.332 e. The summed E-state index contributed by atoms with van der Waals surface area (Å²) in [6, 6.07) is 18.0. The van der Waals surface area contributed by atoms with E-state index in [2.05, 4.69) is 61.7 Å². The molecule has 0 aromatic heterocycles. The zero-order valence-corrected chi connectivity index (χ0v) is 15.1. The number of para-hydroxylation sites is 1. The Labute approximate surface area is 149 Å². The highest BCUT2D eigenvalue weighted by atomic mass is 16.1. The average molecular weight is 336 g/mol. The van der Waals surface area contributed by atoms with Crippen molar-refractivity contribution in [3.63, 3.8) is 0 Å². The highest BCUT2D eigenvalue weighted by Gasteiger charge is 2.20. The first kappa shape index (κ1) is 18.7. The van der Waals surface area contributed by atoms with Crippen molar-refractivity contribution < 1.29 is 10.1 Å². The molecule has 0 aliphatic heterocycles. The molecule has 2 aromatic rings. The number of aryl methyl sites for hydroxylation is 1. The number of hydrogen-bond acceptors (Lipinski definition) is 2. The topological polar surface area (TPSA) is 69.5 Å². The van der Waals surface area contributed by atoms with Crippen LogP contribution in [-0.4, -0.2) is 12.5 Å². The van der Waals surface area contributed by atoms with Crippen molar-refractivity contribution >= 4 is 11.6 Å². The Hall–Kier alpha value is -2.64. The molecule has 1 atom stereocenters. The summed E-state index contributed by atoms with van der Waals surface area (Å²) in [4.78, 5) is 12.3. The maximum absolute atomic E-state index is 12.3. The Kier molecular flexibility index (Phi) is 6.73. The maximum atomic E-state index is 12.3. The number of carbonyl (C=O) groups excluding carboxylic acids is 1. The van der Waals surface area contributed by atoms with E-state index >= 15 is 0 Å². The molecule has 0 fully saturated rings. The lowest BCUT2D eigenvalue weighted by Gasteiger charge is -2.20. The Morgan fingerprint density at radius 2 is 1.84 bits per heavy atom. The Balaban J connectivity index is 2.00. The number of benzene rings is 2. The second-order valence-corrected chi connectivity index (χ2v) is 6.51. The standard InChI is InChI=1S/C21H25N3O/c1-4-16-9-11-17(12-10-16)21(15(2)3)23-14-20(25)24-19-8-6-5-7-18(19)13-22/h5-12,15,21,23H,4,14H2,1-3H3,(H,24,25)/p+1/t21-/m0/s1. The van der Waals surface area contributed by atoms with E-state index in [0.717, 1.165) is 6.42 Å². The summed E-state index contributed by atoms with van der Waals surface area (Å²) >= 11 is 0. The lowest BCUT2D eigenvalue weighted by atomic mass is 9.95. The lowest BCUT2D eigenvalue weighted by molar-refractivity contribution is -0.692. The van der Waals surface area contributed by atoms with Crippen LogP contribution in [0.25, 0.3) is 0 Å². The quantitative estimate of drug-likeness (QED) is 0.816. The smallest absolute Gasteiger partial charge is 0.279 e. The van der Waals surface area contributed by atoms with Crippen molar-refractivity contribution in [3.8, 4) is 6.07 Å². The van der Waals surface area contributed by atoms with E-state index in [9.17, 15) is 4.79 Å². The molecule has 4 heteroatoms. The molecular formula is C21H26N3O+. The molecule has 0 bridgehead atoms. The van der Waals surface area contributed by atoms with Gasteiger partial charge in [-0.3, -0.25) is 4.79 Å². The zero-order chi connectivity index (χ0) is 18.2. The first-order valence-corrected chi connectivity index (χ1v) is 8.76. The predicted molar refractivity (Wildman–Crippen MR) is 100.0 cm³/mol. The third-order valence-corrected chi connectivity index (χ3v) is 4.37. The molecule has 2 aromatic carbocycles. The van der Waals surface area contributed by atoms with Gasteiger partial charge in [-0.2, -0.15) is 5.26 Å². The summed E-state index contributed by atoms with van der Waals surface area (Å²) in [6.07, 6.45) is 1.02. The molecule has 2 rings (SSSR count). The first-order valence-electron chi connectivity index (χ1n) is 8.76. The van der Waals surface area contributed by atoms with E-state index in [1.807, 2.05) is 6.07 Å². The molecular weight excluding hydrogens is 310 g/mol. The van der Waals surface area contributed by atoms with Gasteiger partial charge in [-0.1, -0.05) is 57.2 Å². The van der Waals surface area contributed by atoms with Crippen LogP contribution in [0.2, 0.25) is 0 Å². The first-order chi connectivity index (χ1) is 12.0. The summed E-state index contributed by atoms with van der Waals surface area (Å²) in [6.45, 7) is 6.79. The Morgan fingerprint density at radius 3 is 2.44 bits per heavy atom. The molecule has 0 radical (unpaired) electrons. The van der Waals surface area contributed by atoms with Crippen LogP contribution < -0.4 is 10.6 Å². The highest BCUT2D eigenvalue weighted by molar-refractivity contribution is 5.92. The molecule has 0 saturated carbocycles. The van der Waals surface area contributed by atoms with Gasteiger partial charge in [-0.15, -0.1) is 0 Å². The predicted octanol–water partition coefficient (Wildman–Crippen LogP) is 3.02. The van der Waals surface area contributed by atoms with Crippen LogP contribution in [0, 0.1) is 17.2 Å². The number of hydrogen-bond donors (Lipinski definition) is 2. The van der Waals surface area contributed by atoms with Gasteiger partial charge in [0.1, 0.15) is 12.1 Å². The van der Waals surface area contributed by atoms with Crippen molar-refractivity contribution in [3.05, 3.63) is 65.2 Å². The van der Waals surface area contributed by atoms with E-state index in [0.29, 0.717) is 23.7 Å². The van der Waals surface area contributed by atoms with E-state index in [1.165, 1.54) is 11.1 Å². The molecule has 0 aliphatic rings. The monoisotopic (exact) mass is 336 g/mol. The van der Waals surface area contributed by atoms with Gasteiger partial charge in [0.25, 0.3) is 5.91 Å². The zero-order valence-electron chi connectivity index (χ0n) is 15.1. The number of nitrogens with one attached hydrogen (secondary N) is 1. The van der Waals surface area contributed by atoms with Crippen LogP contribution in [0.3, 0.4) is 0 Å². The molecule has 0 aliphatic carbocycles. The van der Waals surface area contributed by atoms with Gasteiger partial charge < -0.3 is 10.6 Å². The number of nitrogens with two attached hydrogens (primary N) is 1. The number of nitriles is 1. The number of anilines is 1. The third kappa shape index (κ3) is 5.17. The fourth-order valence-electron chi connectivity index (χ4n) is 2.89. The second-order valence-electron chi connectivity index (χ2n) is 6.51. The van der Waals surface area contributed by atoms with Gasteiger partial charge in [-0.25, -0.2) is 0 Å². The lowest BCUT2D eigenvalue weighted by Crippen LogP contribution is -2.88. The van der Waals surface area contributed by atoms with E-state index in [-0.39, 0.29) is 11.9 Å². The number of quaternary nitrogens is 1. The summed E-state index contributed by atoms with van der Waals surface area (Å²) < 4.78 is 0. The summed E-state index contributed by atoms with van der Waals surface area (Å²) in [5.41, 5.74) is 3.60. The number of amides is 1. The minimum Gasteiger partial charge on any atom is -0.332 e. The van der Waals surface area contributed by atoms with Gasteiger partial charge in [0, 0.05) is 11.5 Å². The highest BCUT2D eigenvalue weighted by Crippen LogP contribution is 2.18.